The lowest BCUT2D eigenvalue weighted by Crippen LogP contribution is -2.54. The maximum Gasteiger partial charge on any atom is 0.244 e. The van der Waals surface area contributed by atoms with Gasteiger partial charge >= 0.3 is 0 Å². The molecule has 1 saturated heterocycles. The maximum absolute atomic E-state index is 12.0. The topological polar surface area (TPSA) is 44.8 Å². The van der Waals surface area contributed by atoms with Gasteiger partial charge in [-0.2, -0.15) is 0 Å². The van der Waals surface area contributed by atoms with Crippen LogP contribution in [0.4, 0.5) is 0 Å². The molecule has 1 rings (SSSR count). The first-order valence-corrected chi connectivity index (χ1v) is 8.07. The summed E-state index contributed by atoms with van der Waals surface area (Å²) < 4.78 is 5.50. The third-order valence-corrected chi connectivity index (χ3v) is 4.28. The van der Waals surface area contributed by atoms with Crippen LogP contribution < -0.4 is 5.32 Å². The first kappa shape index (κ1) is 19.1. The second-order valence-electron chi connectivity index (χ2n) is 7.45. The molecule has 1 N–H and O–H groups in total. The lowest BCUT2D eigenvalue weighted by molar-refractivity contribution is -0.118. The molecule has 1 amide bonds. The van der Waals surface area contributed by atoms with Crippen molar-refractivity contribution in [2.24, 2.45) is 0 Å². The Hall–Kier alpha value is -0.910. The van der Waals surface area contributed by atoms with E-state index in [4.69, 9.17) is 4.74 Å². The normalized spacial score (nSPS) is 19.8. The van der Waals surface area contributed by atoms with Gasteiger partial charge in [0.1, 0.15) is 0 Å². The SMILES string of the molecule is COC(C)(C)CN1CCC(C)(NC(=O)/C=C/CN(C)C)CC1. The van der Waals surface area contributed by atoms with E-state index >= 15 is 0 Å². The molecule has 22 heavy (non-hydrogen) atoms. The Kier molecular flexibility index (Phi) is 7.03. The molecule has 128 valence electrons. The van der Waals surface area contributed by atoms with Crippen LogP contribution in [0.25, 0.3) is 0 Å². The Labute approximate surface area is 135 Å². The van der Waals surface area contributed by atoms with Gasteiger partial charge in [-0.15, -0.1) is 0 Å². The van der Waals surface area contributed by atoms with E-state index in [1.54, 1.807) is 13.2 Å². The van der Waals surface area contributed by atoms with Crippen LogP contribution in [0.15, 0.2) is 12.2 Å². The van der Waals surface area contributed by atoms with E-state index in [0.29, 0.717) is 0 Å². The number of likely N-dealkylation sites (tertiary alicyclic amines) is 1. The van der Waals surface area contributed by atoms with Gasteiger partial charge < -0.3 is 19.9 Å². The van der Waals surface area contributed by atoms with Crippen molar-refractivity contribution < 1.29 is 9.53 Å². The van der Waals surface area contributed by atoms with Gasteiger partial charge in [-0.1, -0.05) is 6.08 Å². The molecule has 1 fully saturated rings. The van der Waals surface area contributed by atoms with Gasteiger partial charge in [0.05, 0.1) is 5.60 Å². The molecule has 0 aliphatic carbocycles. The fourth-order valence-corrected chi connectivity index (χ4v) is 2.64. The van der Waals surface area contributed by atoms with Gasteiger partial charge in [0.25, 0.3) is 0 Å². The molecule has 0 unspecified atom stereocenters. The summed E-state index contributed by atoms with van der Waals surface area (Å²) in [5, 5.41) is 3.16. The molecule has 0 bridgehead atoms. The standard InChI is InChI=1S/C17H33N3O2/c1-16(2,22-6)14-20-12-9-17(3,10-13-20)18-15(21)8-7-11-19(4)5/h7-8H,9-14H2,1-6H3,(H,18,21)/b8-7+. The summed E-state index contributed by atoms with van der Waals surface area (Å²) in [6.45, 7) is 10.1. The number of rotatable bonds is 7. The van der Waals surface area contributed by atoms with E-state index in [-0.39, 0.29) is 17.0 Å². The largest absolute Gasteiger partial charge is 0.377 e. The molecule has 0 atom stereocenters. The van der Waals surface area contributed by atoms with Crippen LogP contribution in [0.3, 0.4) is 0 Å². The summed E-state index contributed by atoms with van der Waals surface area (Å²) in [6.07, 6.45) is 5.49. The van der Waals surface area contributed by atoms with Gasteiger partial charge in [-0.05, 0) is 47.7 Å². The van der Waals surface area contributed by atoms with Crippen LogP contribution in [-0.2, 0) is 9.53 Å². The molecule has 0 saturated carbocycles. The zero-order chi connectivity index (χ0) is 16.8. The van der Waals surface area contributed by atoms with Gasteiger partial charge in [-0.25, -0.2) is 0 Å². The Morgan fingerprint density at radius 3 is 2.45 bits per heavy atom. The van der Waals surface area contributed by atoms with Crippen molar-refractivity contribution in [1.29, 1.82) is 0 Å². The first-order valence-electron chi connectivity index (χ1n) is 8.07. The highest BCUT2D eigenvalue weighted by Gasteiger charge is 2.32. The van der Waals surface area contributed by atoms with E-state index in [0.717, 1.165) is 39.0 Å². The minimum absolute atomic E-state index is 0.00928. The fourth-order valence-electron chi connectivity index (χ4n) is 2.64. The van der Waals surface area contributed by atoms with Crippen molar-refractivity contribution in [3.05, 3.63) is 12.2 Å². The van der Waals surface area contributed by atoms with Crippen LogP contribution in [0.5, 0.6) is 0 Å². The second-order valence-corrected chi connectivity index (χ2v) is 7.45. The number of hydrogen-bond acceptors (Lipinski definition) is 4. The van der Waals surface area contributed by atoms with Crippen molar-refractivity contribution in [2.45, 2.75) is 44.8 Å². The van der Waals surface area contributed by atoms with Crippen LogP contribution >= 0.6 is 0 Å². The molecular weight excluding hydrogens is 278 g/mol. The van der Waals surface area contributed by atoms with Gasteiger partial charge in [0, 0.05) is 44.9 Å². The molecule has 5 nitrogen and oxygen atoms in total. The Morgan fingerprint density at radius 2 is 1.95 bits per heavy atom. The van der Waals surface area contributed by atoms with Crippen molar-refractivity contribution >= 4 is 5.91 Å². The van der Waals surface area contributed by atoms with Gasteiger partial charge in [-0.3, -0.25) is 4.79 Å². The molecule has 0 aromatic rings. The number of ether oxygens (including phenoxy) is 1. The molecular formula is C17H33N3O2. The maximum atomic E-state index is 12.0. The molecule has 5 heteroatoms. The lowest BCUT2D eigenvalue weighted by atomic mass is 9.89. The van der Waals surface area contributed by atoms with Crippen LogP contribution in [0.2, 0.25) is 0 Å². The van der Waals surface area contributed by atoms with E-state index in [9.17, 15) is 4.79 Å². The summed E-state index contributed by atoms with van der Waals surface area (Å²) in [7, 11) is 5.73. The van der Waals surface area contributed by atoms with Crippen LogP contribution in [0, 0.1) is 0 Å². The van der Waals surface area contributed by atoms with Crippen LogP contribution in [-0.4, -0.2) is 74.2 Å². The predicted octanol–water partition coefficient (Wildman–Crippen LogP) is 1.50. The van der Waals surface area contributed by atoms with Crippen molar-refractivity contribution in [2.75, 3.05) is 47.4 Å². The summed E-state index contributed by atoms with van der Waals surface area (Å²) >= 11 is 0. The lowest BCUT2D eigenvalue weighted by Gasteiger charge is -2.42. The molecule has 0 radical (unpaired) electrons. The molecule has 1 aliphatic heterocycles. The monoisotopic (exact) mass is 311 g/mol. The Bertz CT molecular complexity index is 383. The third-order valence-electron chi connectivity index (χ3n) is 4.28. The summed E-state index contributed by atoms with van der Waals surface area (Å²) in [5.41, 5.74) is -0.223. The first-order chi connectivity index (χ1) is 10.2. The van der Waals surface area contributed by atoms with E-state index in [1.165, 1.54) is 0 Å². The molecule has 0 spiro atoms. The number of carbonyl (C=O) groups is 1. The number of amides is 1. The van der Waals surface area contributed by atoms with Crippen molar-refractivity contribution in [3.8, 4) is 0 Å². The average molecular weight is 311 g/mol. The number of nitrogens with one attached hydrogen (secondary N) is 1. The summed E-state index contributed by atoms with van der Waals surface area (Å²) in [5.74, 6) is 0.00928. The average Bonchev–Trinajstić information content (AvgIpc) is 2.41. The molecule has 0 aromatic carbocycles. The van der Waals surface area contributed by atoms with E-state index in [1.807, 2.05) is 25.1 Å². The molecule has 0 aromatic heterocycles. The zero-order valence-electron chi connectivity index (χ0n) is 15.1. The number of piperidine rings is 1. The Balaban J connectivity index is 2.41. The fraction of sp³-hybridized carbons (Fsp3) is 0.824. The number of methoxy groups -OCH3 is 1. The highest BCUT2D eigenvalue weighted by atomic mass is 16.5. The number of likely N-dealkylation sites (N-methyl/N-ethyl adjacent to an activating group) is 1. The van der Waals surface area contributed by atoms with Gasteiger partial charge in [0.2, 0.25) is 5.91 Å². The second kappa shape index (κ2) is 8.09. The number of nitrogens with zero attached hydrogens (tertiary/aromatic N) is 2. The third kappa shape index (κ3) is 6.90. The van der Waals surface area contributed by atoms with Crippen molar-refractivity contribution in [3.63, 3.8) is 0 Å². The predicted molar refractivity (Wildman–Crippen MR) is 91.0 cm³/mol. The molecule has 1 aliphatic rings. The summed E-state index contributed by atoms with van der Waals surface area (Å²) in [4.78, 5) is 16.4. The van der Waals surface area contributed by atoms with E-state index in [2.05, 4.69) is 31.0 Å². The van der Waals surface area contributed by atoms with Crippen LogP contribution in [0.1, 0.15) is 33.6 Å². The summed E-state index contributed by atoms with van der Waals surface area (Å²) in [6, 6.07) is 0. The Morgan fingerprint density at radius 1 is 1.36 bits per heavy atom. The minimum atomic E-state index is -0.119. The van der Waals surface area contributed by atoms with E-state index < -0.39 is 0 Å². The zero-order valence-corrected chi connectivity index (χ0v) is 15.1. The molecule has 1 heterocycles. The highest BCUT2D eigenvalue weighted by Crippen LogP contribution is 2.23. The van der Waals surface area contributed by atoms with Gasteiger partial charge in [0.15, 0.2) is 0 Å². The quantitative estimate of drug-likeness (QED) is 0.724. The number of hydrogen-bond donors (Lipinski definition) is 1. The smallest absolute Gasteiger partial charge is 0.244 e. The number of carbonyl (C=O) groups excluding carboxylic acids is 1. The minimum Gasteiger partial charge on any atom is -0.377 e. The highest BCUT2D eigenvalue weighted by molar-refractivity contribution is 5.88. The van der Waals surface area contributed by atoms with Crippen molar-refractivity contribution in [1.82, 2.24) is 15.1 Å².